The predicted octanol–water partition coefficient (Wildman–Crippen LogP) is 2.92. The summed E-state index contributed by atoms with van der Waals surface area (Å²) in [7, 11) is 0. The van der Waals surface area contributed by atoms with Crippen molar-refractivity contribution in [3.8, 4) is 11.5 Å². The van der Waals surface area contributed by atoms with Crippen LogP contribution in [0.5, 0.6) is 11.5 Å². The van der Waals surface area contributed by atoms with Crippen molar-refractivity contribution in [2.75, 3.05) is 37.7 Å². The number of aromatic nitrogens is 1. The number of para-hydroxylation sites is 2. The number of alkyl halides is 3. The van der Waals surface area contributed by atoms with Crippen LogP contribution in [-0.2, 0) is 11.0 Å². The Balaban J connectivity index is 1.55. The number of carbonyl (C=O) groups is 1. The Hall–Kier alpha value is -2.97. The van der Waals surface area contributed by atoms with Gasteiger partial charge >= 0.3 is 6.18 Å². The molecule has 1 saturated heterocycles. The number of hydrogen-bond acceptors (Lipinski definition) is 5. The summed E-state index contributed by atoms with van der Waals surface area (Å²) >= 11 is 0. The predicted molar refractivity (Wildman–Crippen MR) is 96.3 cm³/mol. The molecule has 1 fully saturated rings. The fourth-order valence-electron chi connectivity index (χ4n) is 2.95. The molecule has 0 atom stereocenters. The van der Waals surface area contributed by atoms with E-state index in [0.717, 1.165) is 12.3 Å². The van der Waals surface area contributed by atoms with Gasteiger partial charge in [0.1, 0.15) is 5.82 Å². The highest BCUT2D eigenvalue weighted by atomic mass is 19.4. The maximum Gasteiger partial charge on any atom is 0.417 e. The lowest BCUT2D eigenvalue weighted by molar-refractivity contribution is -0.137. The molecule has 1 aliphatic heterocycles. The van der Waals surface area contributed by atoms with E-state index in [2.05, 4.69) is 4.98 Å². The molecular formula is C19H20F3N3O3. The Labute approximate surface area is 160 Å². The number of nitrogens with zero attached hydrogens (tertiary/aromatic N) is 3. The van der Waals surface area contributed by atoms with Crippen LogP contribution in [0, 0.1) is 0 Å². The van der Waals surface area contributed by atoms with Gasteiger partial charge in [-0.1, -0.05) is 12.1 Å². The maximum atomic E-state index is 12.7. The number of hydrogen-bond donors (Lipinski definition) is 1. The van der Waals surface area contributed by atoms with Gasteiger partial charge in [-0.2, -0.15) is 13.2 Å². The average molecular weight is 395 g/mol. The molecule has 9 heteroatoms. The SMILES string of the molecule is O=C(COc1ccccc1O)N1CCCN(c2ccc(C(F)(F)F)cn2)CC1. The van der Waals surface area contributed by atoms with E-state index in [1.54, 1.807) is 23.1 Å². The zero-order valence-electron chi connectivity index (χ0n) is 15.0. The monoisotopic (exact) mass is 395 g/mol. The third-order valence-electron chi connectivity index (χ3n) is 4.46. The van der Waals surface area contributed by atoms with Crippen LogP contribution in [-0.4, -0.2) is 53.7 Å². The van der Waals surface area contributed by atoms with Gasteiger partial charge in [0.15, 0.2) is 18.1 Å². The number of pyridine rings is 1. The van der Waals surface area contributed by atoms with Crippen LogP contribution in [0.4, 0.5) is 19.0 Å². The first-order valence-corrected chi connectivity index (χ1v) is 8.81. The van der Waals surface area contributed by atoms with Crippen molar-refractivity contribution in [2.45, 2.75) is 12.6 Å². The van der Waals surface area contributed by atoms with Gasteiger partial charge in [0.2, 0.25) is 0 Å². The number of benzene rings is 1. The van der Waals surface area contributed by atoms with Gasteiger partial charge < -0.3 is 19.6 Å². The average Bonchev–Trinajstić information content (AvgIpc) is 2.93. The molecule has 2 heterocycles. The minimum Gasteiger partial charge on any atom is -0.504 e. The molecule has 6 nitrogen and oxygen atoms in total. The number of amides is 1. The topological polar surface area (TPSA) is 65.9 Å². The molecule has 0 saturated carbocycles. The molecule has 1 aliphatic rings. The van der Waals surface area contributed by atoms with Gasteiger partial charge in [-0.25, -0.2) is 4.98 Å². The van der Waals surface area contributed by atoms with E-state index < -0.39 is 11.7 Å². The molecule has 0 spiro atoms. The number of carbonyl (C=O) groups excluding carboxylic acids is 1. The van der Waals surface area contributed by atoms with Crippen LogP contribution < -0.4 is 9.64 Å². The first-order valence-electron chi connectivity index (χ1n) is 8.81. The molecule has 0 unspecified atom stereocenters. The molecule has 0 bridgehead atoms. The Morgan fingerprint density at radius 2 is 1.89 bits per heavy atom. The van der Waals surface area contributed by atoms with E-state index in [1.165, 1.54) is 12.1 Å². The fourth-order valence-corrected chi connectivity index (χ4v) is 2.95. The fraction of sp³-hybridized carbons (Fsp3) is 0.368. The van der Waals surface area contributed by atoms with Gasteiger partial charge in [-0.15, -0.1) is 0 Å². The summed E-state index contributed by atoms with van der Waals surface area (Å²) in [5.41, 5.74) is -0.788. The highest BCUT2D eigenvalue weighted by molar-refractivity contribution is 5.78. The molecule has 0 radical (unpaired) electrons. The first kappa shape index (κ1) is 19.8. The smallest absolute Gasteiger partial charge is 0.417 e. The van der Waals surface area contributed by atoms with Crippen molar-refractivity contribution in [1.82, 2.24) is 9.88 Å². The number of phenolic OH excluding ortho intramolecular Hbond substituents is 1. The Kier molecular flexibility index (Phi) is 5.91. The molecule has 2 aromatic rings. The number of ether oxygens (including phenoxy) is 1. The summed E-state index contributed by atoms with van der Waals surface area (Å²) < 4.78 is 43.4. The highest BCUT2D eigenvalue weighted by Gasteiger charge is 2.31. The maximum absolute atomic E-state index is 12.7. The summed E-state index contributed by atoms with van der Waals surface area (Å²) in [6, 6.07) is 8.75. The normalized spacial score (nSPS) is 15.2. The van der Waals surface area contributed by atoms with Gasteiger partial charge in [-0.3, -0.25) is 4.79 Å². The first-order chi connectivity index (χ1) is 13.3. The molecule has 1 aromatic heterocycles. The van der Waals surface area contributed by atoms with E-state index in [1.807, 2.05) is 4.90 Å². The summed E-state index contributed by atoms with van der Waals surface area (Å²) in [4.78, 5) is 19.8. The molecule has 150 valence electrons. The summed E-state index contributed by atoms with van der Waals surface area (Å²) in [6.45, 7) is 1.77. The van der Waals surface area contributed by atoms with Crippen LogP contribution in [0.1, 0.15) is 12.0 Å². The molecule has 3 rings (SSSR count). The lowest BCUT2D eigenvalue weighted by atomic mass is 10.2. The molecule has 1 aromatic carbocycles. The Bertz CT molecular complexity index is 812. The second kappa shape index (κ2) is 8.37. The van der Waals surface area contributed by atoms with E-state index in [0.29, 0.717) is 38.4 Å². The molecular weight excluding hydrogens is 375 g/mol. The summed E-state index contributed by atoms with van der Waals surface area (Å²) in [6.07, 6.45) is -2.94. The summed E-state index contributed by atoms with van der Waals surface area (Å²) in [5, 5.41) is 9.68. The van der Waals surface area contributed by atoms with E-state index in [4.69, 9.17) is 4.74 Å². The largest absolute Gasteiger partial charge is 0.504 e. The molecule has 28 heavy (non-hydrogen) atoms. The number of halogens is 3. The number of aromatic hydroxyl groups is 1. The highest BCUT2D eigenvalue weighted by Crippen LogP contribution is 2.29. The van der Waals surface area contributed by atoms with Crippen LogP contribution in [0.15, 0.2) is 42.6 Å². The van der Waals surface area contributed by atoms with E-state index in [9.17, 15) is 23.1 Å². The number of anilines is 1. The second-order valence-electron chi connectivity index (χ2n) is 6.38. The van der Waals surface area contributed by atoms with E-state index >= 15 is 0 Å². The molecule has 0 aliphatic carbocycles. The Morgan fingerprint density at radius 3 is 2.57 bits per heavy atom. The zero-order chi connectivity index (χ0) is 20.1. The third kappa shape index (κ3) is 4.85. The van der Waals surface area contributed by atoms with Crippen molar-refractivity contribution < 1.29 is 27.8 Å². The lowest BCUT2D eigenvalue weighted by Crippen LogP contribution is -2.38. The van der Waals surface area contributed by atoms with Crippen LogP contribution >= 0.6 is 0 Å². The molecule has 1 N–H and O–H groups in total. The van der Waals surface area contributed by atoms with E-state index in [-0.39, 0.29) is 24.0 Å². The van der Waals surface area contributed by atoms with Gasteiger partial charge in [-0.05, 0) is 30.7 Å². The molecule has 1 amide bonds. The summed E-state index contributed by atoms with van der Waals surface area (Å²) in [5.74, 6) is 0.435. The van der Waals surface area contributed by atoms with Crippen molar-refractivity contribution in [2.24, 2.45) is 0 Å². The van der Waals surface area contributed by atoms with Crippen molar-refractivity contribution >= 4 is 11.7 Å². The van der Waals surface area contributed by atoms with Crippen molar-refractivity contribution in [3.05, 3.63) is 48.2 Å². The van der Waals surface area contributed by atoms with Gasteiger partial charge in [0.05, 0.1) is 5.56 Å². The number of rotatable bonds is 4. The van der Waals surface area contributed by atoms with Crippen molar-refractivity contribution in [3.63, 3.8) is 0 Å². The van der Waals surface area contributed by atoms with Crippen LogP contribution in [0.3, 0.4) is 0 Å². The second-order valence-corrected chi connectivity index (χ2v) is 6.38. The minimum absolute atomic E-state index is 0.0364. The number of phenols is 1. The quantitative estimate of drug-likeness (QED) is 0.862. The lowest BCUT2D eigenvalue weighted by Gasteiger charge is -2.23. The van der Waals surface area contributed by atoms with Crippen LogP contribution in [0.2, 0.25) is 0 Å². The zero-order valence-corrected chi connectivity index (χ0v) is 15.0. The van der Waals surface area contributed by atoms with Crippen LogP contribution in [0.25, 0.3) is 0 Å². The third-order valence-corrected chi connectivity index (χ3v) is 4.46. The Morgan fingerprint density at radius 1 is 1.11 bits per heavy atom. The standard InChI is InChI=1S/C19H20F3N3O3/c20-19(21,22)14-6-7-17(23-12-14)24-8-3-9-25(11-10-24)18(27)13-28-16-5-2-1-4-15(16)26/h1-2,4-7,12,26H,3,8-11,13H2. The van der Waals surface area contributed by atoms with Crippen molar-refractivity contribution in [1.29, 1.82) is 0 Å². The van der Waals surface area contributed by atoms with Gasteiger partial charge in [0.25, 0.3) is 5.91 Å². The minimum atomic E-state index is -4.42. The van der Waals surface area contributed by atoms with Gasteiger partial charge in [0, 0.05) is 32.4 Å².